The molecule has 1 aliphatic rings. The summed E-state index contributed by atoms with van der Waals surface area (Å²) in [4.78, 5) is 16.5. The van der Waals surface area contributed by atoms with Crippen molar-refractivity contribution >= 4 is 21.8 Å². The van der Waals surface area contributed by atoms with Gasteiger partial charge in [-0.05, 0) is 31.5 Å². The van der Waals surface area contributed by atoms with Crippen LogP contribution in [0.2, 0.25) is 0 Å². The van der Waals surface area contributed by atoms with Crippen LogP contribution in [0.3, 0.4) is 0 Å². The van der Waals surface area contributed by atoms with Gasteiger partial charge in [-0.2, -0.15) is 5.26 Å². The second-order valence-electron chi connectivity index (χ2n) is 5.05. The van der Waals surface area contributed by atoms with Crippen LogP contribution in [0.1, 0.15) is 22.8 Å². The van der Waals surface area contributed by atoms with Gasteiger partial charge in [0.15, 0.2) is 0 Å². The normalized spacial score (nSPS) is 17.6. The zero-order valence-electron chi connectivity index (χ0n) is 11.8. The third-order valence-corrected chi connectivity index (χ3v) is 4.69. The lowest BCUT2D eigenvalue weighted by molar-refractivity contribution is 0.0615. The number of piperazine rings is 1. The third-order valence-electron chi connectivity index (χ3n) is 3.83. The summed E-state index contributed by atoms with van der Waals surface area (Å²) in [5.41, 5.74) is 1.73. The maximum atomic E-state index is 12.5. The Hall–Kier alpha value is -1.38. The predicted octanol–water partition coefficient (Wildman–Crippen LogP) is 2.43. The molecule has 1 aliphatic heterocycles. The Morgan fingerprint density at radius 3 is 2.60 bits per heavy atom. The molecule has 0 aliphatic carbocycles. The molecule has 0 radical (unpaired) electrons. The van der Waals surface area contributed by atoms with E-state index in [0.29, 0.717) is 13.1 Å². The zero-order valence-corrected chi connectivity index (χ0v) is 13.4. The summed E-state index contributed by atoms with van der Waals surface area (Å²) in [7, 11) is 0. The van der Waals surface area contributed by atoms with Crippen molar-refractivity contribution in [1.29, 1.82) is 5.26 Å². The van der Waals surface area contributed by atoms with Gasteiger partial charge in [-0.25, -0.2) is 0 Å². The minimum Gasteiger partial charge on any atom is -0.336 e. The summed E-state index contributed by atoms with van der Waals surface area (Å²) in [5, 5.41) is 8.93. The van der Waals surface area contributed by atoms with Gasteiger partial charge >= 0.3 is 0 Å². The van der Waals surface area contributed by atoms with E-state index in [9.17, 15) is 4.79 Å². The highest BCUT2D eigenvalue weighted by Gasteiger charge is 2.25. The predicted molar refractivity (Wildman–Crippen MR) is 81.4 cm³/mol. The number of benzene rings is 1. The average molecular weight is 336 g/mol. The van der Waals surface area contributed by atoms with Crippen LogP contribution in [0.25, 0.3) is 0 Å². The molecule has 1 atom stereocenters. The quantitative estimate of drug-likeness (QED) is 0.833. The Balaban J connectivity index is 2.06. The molecule has 5 heteroatoms. The van der Waals surface area contributed by atoms with Crippen molar-refractivity contribution in [3.8, 4) is 6.07 Å². The Labute approximate surface area is 128 Å². The largest absolute Gasteiger partial charge is 0.336 e. The number of hydrogen-bond donors (Lipinski definition) is 0. The first-order valence-corrected chi connectivity index (χ1v) is 7.52. The maximum absolute atomic E-state index is 12.5. The van der Waals surface area contributed by atoms with E-state index < -0.39 is 0 Å². The molecule has 4 nitrogen and oxygen atoms in total. The monoisotopic (exact) mass is 335 g/mol. The topological polar surface area (TPSA) is 47.3 Å². The molecule has 1 unspecified atom stereocenters. The van der Waals surface area contributed by atoms with E-state index in [1.54, 1.807) is 0 Å². The molecular formula is C15H18BrN3O. The van der Waals surface area contributed by atoms with E-state index >= 15 is 0 Å². The minimum absolute atomic E-state index is 0.0769. The van der Waals surface area contributed by atoms with E-state index in [2.05, 4.69) is 26.9 Å². The molecule has 106 valence electrons. The van der Waals surface area contributed by atoms with Crippen molar-refractivity contribution in [3.05, 3.63) is 33.8 Å². The second-order valence-corrected chi connectivity index (χ2v) is 5.90. The van der Waals surface area contributed by atoms with Crippen LogP contribution < -0.4 is 0 Å². The molecule has 0 bridgehead atoms. The number of carbonyl (C=O) groups is 1. The Morgan fingerprint density at radius 1 is 1.35 bits per heavy atom. The molecule has 1 aromatic carbocycles. The van der Waals surface area contributed by atoms with Crippen molar-refractivity contribution in [1.82, 2.24) is 9.80 Å². The summed E-state index contributed by atoms with van der Waals surface area (Å²) in [6, 6.07) is 7.86. The number of carbonyl (C=O) groups excluding carboxylic acids is 1. The molecular weight excluding hydrogens is 318 g/mol. The number of rotatable bonds is 2. The molecule has 0 spiro atoms. The van der Waals surface area contributed by atoms with Crippen LogP contribution in [-0.4, -0.2) is 47.9 Å². The molecule has 1 amide bonds. The van der Waals surface area contributed by atoms with Crippen molar-refractivity contribution in [2.75, 3.05) is 26.2 Å². The van der Waals surface area contributed by atoms with Gasteiger partial charge in [0.05, 0.1) is 12.1 Å². The fraction of sp³-hybridized carbons (Fsp3) is 0.467. The van der Waals surface area contributed by atoms with E-state index in [4.69, 9.17) is 5.26 Å². The molecule has 1 aromatic rings. The van der Waals surface area contributed by atoms with Gasteiger partial charge in [-0.15, -0.1) is 0 Å². The molecule has 0 saturated carbocycles. The molecule has 1 fully saturated rings. The maximum Gasteiger partial charge on any atom is 0.254 e. The van der Waals surface area contributed by atoms with Gasteiger partial charge in [0, 0.05) is 36.2 Å². The number of amides is 1. The van der Waals surface area contributed by atoms with Gasteiger partial charge in [-0.1, -0.05) is 22.0 Å². The molecule has 1 heterocycles. The highest BCUT2D eigenvalue weighted by Crippen LogP contribution is 2.21. The minimum atomic E-state index is -0.0835. The van der Waals surface area contributed by atoms with Crippen LogP contribution in [0.5, 0.6) is 0 Å². The van der Waals surface area contributed by atoms with Gasteiger partial charge in [0.25, 0.3) is 5.91 Å². The Kier molecular flexibility index (Phi) is 4.79. The van der Waals surface area contributed by atoms with Crippen LogP contribution >= 0.6 is 15.9 Å². The van der Waals surface area contributed by atoms with Gasteiger partial charge in [0.1, 0.15) is 0 Å². The van der Waals surface area contributed by atoms with Crippen LogP contribution in [0, 0.1) is 18.3 Å². The van der Waals surface area contributed by atoms with E-state index in [-0.39, 0.29) is 11.9 Å². The van der Waals surface area contributed by atoms with E-state index in [1.165, 1.54) is 0 Å². The summed E-state index contributed by atoms with van der Waals surface area (Å²) < 4.78 is 0.958. The van der Waals surface area contributed by atoms with Crippen molar-refractivity contribution in [3.63, 3.8) is 0 Å². The zero-order chi connectivity index (χ0) is 14.7. The van der Waals surface area contributed by atoms with Crippen molar-refractivity contribution in [2.24, 2.45) is 0 Å². The summed E-state index contributed by atoms with van der Waals surface area (Å²) in [5.74, 6) is 0.0769. The number of halogens is 1. The second kappa shape index (κ2) is 6.38. The van der Waals surface area contributed by atoms with Crippen molar-refractivity contribution in [2.45, 2.75) is 19.9 Å². The van der Waals surface area contributed by atoms with Gasteiger partial charge in [-0.3, -0.25) is 9.69 Å². The highest BCUT2D eigenvalue weighted by atomic mass is 79.9. The first-order chi connectivity index (χ1) is 9.54. The summed E-state index contributed by atoms with van der Waals surface area (Å²) in [6.07, 6.45) is 0. The summed E-state index contributed by atoms with van der Waals surface area (Å²) in [6.45, 7) is 6.72. The first-order valence-electron chi connectivity index (χ1n) is 6.72. The van der Waals surface area contributed by atoms with Crippen LogP contribution in [0.15, 0.2) is 22.7 Å². The highest BCUT2D eigenvalue weighted by molar-refractivity contribution is 9.10. The fourth-order valence-corrected chi connectivity index (χ4v) is 2.77. The number of nitriles is 1. The van der Waals surface area contributed by atoms with Crippen LogP contribution in [0.4, 0.5) is 0 Å². The Bertz CT molecular complexity index is 545. The number of nitrogens with zero attached hydrogens (tertiary/aromatic N) is 3. The lowest BCUT2D eigenvalue weighted by Gasteiger charge is -2.36. The molecule has 0 aromatic heterocycles. The van der Waals surface area contributed by atoms with Crippen LogP contribution in [-0.2, 0) is 0 Å². The van der Waals surface area contributed by atoms with Crippen molar-refractivity contribution < 1.29 is 4.79 Å². The smallest absolute Gasteiger partial charge is 0.254 e. The van der Waals surface area contributed by atoms with E-state index in [0.717, 1.165) is 28.7 Å². The van der Waals surface area contributed by atoms with Gasteiger partial charge in [0.2, 0.25) is 0 Å². The molecule has 20 heavy (non-hydrogen) atoms. The third kappa shape index (κ3) is 3.02. The lowest BCUT2D eigenvalue weighted by atomic mass is 10.1. The Morgan fingerprint density at radius 2 is 2.00 bits per heavy atom. The standard InChI is InChI=1S/C15H18BrN3O/c1-11(10-17)18-6-8-19(9-7-18)15(20)13-4-3-5-14(16)12(13)2/h3-5,11H,6-9H2,1-2H3. The number of hydrogen-bond acceptors (Lipinski definition) is 3. The average Bonchev–Trinajstić information content (AvgIpc) is 2.48. The fourth-order valence-electron chi connectivity index (χ4n) is 2.40. The molecule has 1 saturated heterocycles. The lowest BCUT2D eigenvalue weighted by Crippen LogP contribution is -2.51. The van der Waals surface area contributed by atoms with Gasteiger partial charge < -0.3 is 4.90 Å². The molecule has 2 rings (SSSR count). The first kappa shape index (κ1) is 15.0. The van der Waals surface area contributed by atoms with E-state index in [1.807, 2.05) is 36.9 Å². The summed E-state index contributed by atoms with van der Waals surface area (Å²) >= 11 is 3.46. The molecule has 0 N–H and O–H groups in total. The SMILES string of the molecule is Cc1c(Br)cccc1C(=O)N1CCN(C(C)C#N)CC1.